The Hall–Kier alpha value is -3.29. The molecule has 0 saturated carbocycles. The number of aromatic nitrogens is 1. The van der Waals surface area contributed by atoms with Crippen LogP contribution in [0.1, 0.15) is 27.4 Å². The van der Waals surface area contributed by atoms with Crippen LogP contribution >= 0.6 is 11.8 Å². The van der Waals surface area contributed by atoms with Crippen LogP contribution in [0.3, 0.4) is 0 Å². The van der Waals surface area contributed by atoms with Crippen molar-refractivity contribution in [2.24, 2.45) is 0 Å². The number of fused-ring (bicyclic) bond motifs is 1. The number of furan rings is 1. The van der Waals surface area contributed by atoms with Crippen LogP contribution in [0.15, 0.2) is 80.8 Å². The number of carbonyl (C=O) groups is 1. The molecule has 7 heteroatoms. The molecular formula is C27H27N3O3S. The summed E-state index contributed by atoms with van der Waals surface area (Å²) in [6.07, 6.45) is 4.32. The van der Waals surface area contributed by atoms with Crippen LogP contribution in [0.5, 0.6) is 0 Å². The van der Waals surface area contributed by atoms with Gasteiger partial charge in [-0.3, -0.25) is 9.69 Å². The second-order valence-corrected chi connectivity index (χ2v) is 9.34. The molecule has 0 bridgehead atoms. The van der Waals surface area contributed by atoms with E-state index in [1.54, 1.807) is 6.07 Å². The van der Waals surface area contributed by atoms with Crippen LogP contribution in [-0.4, -0.2) is 53.4 Å². The van der Waals surface area contributed by atoms with E-state index in [4.69, 9.17) is 8.83 Å². The fourth-order valence-corrected chi connectivity index (χ4v) is 4.70. The van der Waals surface area contributed by atoms with Crippen molar-refractivity contribution >= 4 is 34.8 Å². The Morgan fingerprint density at radius 3 is 2.68 bits per heavy atom. The summed E-state index contributed by atoms with van der Waals surface area (Å²) in [6, 6.07) is 19.9. The molecule has 5 rings (SSSR count). The van der Waals surface area contributed by atoms with Gasteiger partial charge in [0.15, 0.2) is 11.3 Å². The molecule has 1 saturated heterocycles. The summed E-state index contributed by atoms with van der Waals surface area (Å²) < 4.78 is 11.7. The van der Waals surface area contributed by atoms with Crippen LogP contribution in [0, 0.1) is 6.92 Å². The van der Waals surface area contributed by atoms with E-state index in [2.05, 4.69) is 34.2 Å². The van der Waals surface area contributed by atoms with E-state index in [0.717, 1.165) is 42.1 Å². The first kappa shape index (κ1) is 22.5. The molecule has 6 nitrogen and oxygen atoms in total. The van der Waals surface area contributed by atoms with E-state index in [0.29, 0.717) is 29.8 Å². The molecule has 1 aliphatic rings. The van der Waals surface area contributed by atoms with Gasteiger partial charge >= 0.3 is 0 Å². The zero-order valence-corrected chi connectivity index (χ0v) is 20.0. The highest BCUT2D eigenvalue weighted by Crippen LogP contribution is 2.27. The molecule has 0 aliphatic carbocycles. The van der Waals surface area contributed by atoms with Crippen molar-refractivity contribution in [3.8, 4) is 0 Å². The number of thioether (sulfide) groups is 1. The number of amides is 1. The highest BCUT2D eigenvalue weighted by atomic mass is 32.2. The number of rotatable bonds is 7. The summed E-state index contributed by atoms with van der Waals surface area (Å²) in [6.45, 7) is 6.01. The summed E-state index contributed by atoms with van der Waals surface area (Å²) in [4.78, 5) is 21.6. The molecule has 0 N–H and O–H groups in total. The molecule has 3 heterocycles. The Bertz CT molecular complexity index is 1290. The van der Waals surface area contributed by atoms with Crippen molar-refractivity contribution in [2.45, 2.75) is 17.9 Å². The molecule has 0 radical (unpaired) electrons. The number of hydrogen-bond acceptors (Lipinski definition) is 6. The maximum Gasteiger partial charge on any atom is 0.289 e. The minimum absolute atomic E-state index is 0.0481. The van der Waals surface area contributed by atoms with E-state index < -0.39 is 0 Å². The molecule has 2 aromatic heterocycles. The van der Waals surface area contributed by atoms with Crippen molar-refractivity contribution in [1.82, 2.24) is 14.8 Å². The van der Waals surface area contributed by atoms with Gasteiger partial charge < -0.3 is 13.7 Å². The third kappa shape index (κ3) is 5.43. The Morgan fingerprint density at radius 2 is 1.85 bits per heavy atom. The Balaban J connectivity index is 1.10. The van der Waals surface area contributed by atoms with E-state index >= 15 is 0 Å². The highest BCUT2D eigenvalue weighted by molar-refractivity contribution is 7.98. The molecule has 2 aromatic carbocycles. The molecule has 4 aromatic rings. The fraction of sp³-hybridized carbons (Fsp3) is 0.259. The zero-order chi connectivity index (χ0) is 23.3. The normalized spacial score (nSPS) is 14.9. The monoisotopic (exact) mass is 473 g/mol. The molecule has 1 fully saturated rings. The Kier molecular flexibility index (Phi) is 6.83. The number of piperazine rings is 1. The van der Waals surface area contributed by atoms with Gasteiger partial charge in [-0.2, -0.15) is 0 Å². The second kappa shape index (κ2) is 10.3. The van der Waals surface area contributed by atoms with E-state index in [1.165, 1.54) is 17.3 Å². The van der Waals surface area contributed by atoms with Gasteiger partial charge in [0.1, 0.15) is 11.3 Å². The average molecular weight is 474 g/mol. The quantitative estimate of drug-likeness (QED) is 0.331. The molecule has 174 valence electrons. The molecule has 0 atom stereocenters. The number of carbonyl (C=O) groups excluding carboxylic acids is 1. The first-order valence-corrected chi connectivity index (χ1v) is 12.4. The first-order valence-electron chi connectivity index (χ1n) is 11.5. The third-order valence-corrected chi connectivity index (χ3v) is 6.72. The van der Waals surface area contributed by atoms with Crippen molar-refractivity contribution < 1.29 is 13.6 Å². The maximum absolute atomic E-state index is 12.9. The number of nitrogens with zero attached hydrogens (tertiary/aromatic N) is 3. The van der Waals surface area contributed by atoms with Crippen molar-refractivity contribution in [1.29, 1.82) is 0 Å². The predicted molar refractivity (Wildman–Crippen MR) is 135 cm³/mol. The number of oxazole rings is 1. The van der Waals surface area contributed by atoms with Crippen molar-refractivity contribution in [3.63, 3.8) is 0 Å². The van der Waals surface area contributed by atoms with Gasteiger partial charge in [-0.25, -0.2) is 4.98 Å². The summed E-state index contributed by atoms with van der Waals surface area (Å²) in [5.41, 5.74) is 3.97. The van der Waals surface area contributed by atoms with Crippen LogP contribution in [0.2, 0.25) is 0 Å². The first-order chi connectivity index (χ1) is 16.6. The lowest BCUT2D eigenvalue weighted by Gasteiger charge is -2.33. The topological polar surface area (TPSA) is 62.7 Å². The van der Waals surface area contributed by atoms with Crippen LogP contribution in [-0.2, 0) is 5.75 Å². The number of hydrogen-bond donors (Lipinski definition) is 0. The minimum Gasteiger partial charge on any atom is -0.455 e. The number of aryl methyl sites for hydroxylation is 1. The Morgan fingerprint density at radius 1 is 1.03 bits per heavy atom. The highest BCUT2D eigenvalue weighted by Gasteiger charge is 2.24. The van der Waals surface area contributed by atoms with Gasteiger partial charge in [-0.05, 0) is 42.3 Å². The SMILES string of the molecule is Cc1ccc2nc(SCc3ccc(C(=O)N4CCN(CC=Cc5ccccc5)CC4)o3)oc2c1. The van der Waals surface area contributed by atoms with E-state index in [-0.39, 0.29) is 5.91 Å². The smallest absolute Gasteiger partial charge is 0.289 e. The standard InChI is InChI=1S/C27H27N3O3S/c1-20-9-11-23-25(18-20)33-27(28-23)34-19-22-10-12-24(32-22)26(31)30-16-14-29(15-17-30)13-5-8-21-6-3-2-4-7-21/h2-12,18H,13-17,19H2,1H3. The van der Waals surface area contributed by atoms with Gasteiger partial charge in [-0.15, -0.1) is 0 Å². The van der Waals surface area contributed by atoms with Crippen molar-refractivity contribution in [2.75, 3.05) is 32.7 Å². The van der Waals surface area contributed by atoms with Crippen LogP contribution < -0.4 is 0 Å². The lowest BCUT2D eigenvalue weighted by atomic mass is 10.2. The summed E-state index contributed by atoms with van der Waals surface area (Å²) >= 11 is 1.46. The van der Waals surface area contributed by atoms with Gasteiger partial charge in [0.2, 0.25) is 0 Å². The largest absolute Gasteiger partial charge is 0.455 e. The summed E-state index contributed by atoms with van der Waals surface area (Å²) in [5, 5.41) is 0.599. The second-order valence-electron chi connectivity index (χ2n) is 8.41. The molecular weight excluding hydrogens is 446 g/mol. The van der Waals surface area contributed by atoms with Gasteiger partial charge in [-0.1, -0.05) is 60.3 Å². The average Bonchev–Trinajstić information content (AvgIpc) is 3.50. The summed E-state index contributed by atoms with van der Waals surface area (Å²) in [7, 11) is 0. The third-order valence-electron chi connectivity index (χ3n) is 5.87. The number of benzene rings is 2. The summed E-state index contributed by atoms with van der Waals surface area (Å²) in [5.74, 6) is 1.63. The lowest BCUT2D eigenvalue weighted by molar-refractivity contribution is 0.0617. The van der Waals surface area contributed by atoms with Crippen molar-refractivity contribution in [3.05, 3.63) is 89.4 Å². The minimum atomic E-state index is -0.0481. The van der Waals surface area contributed by atoms with Crippen LogP contribution in [0.4, 0.5) is 0 Å². The van der Waals surface area contributed by atoms with Gasteiger partial charge in [0, 0.05) is 32.7 Å². The van der Waals surface area contributed by atoms with Crippen LogP contribution in [0.25, 0.3) is 17.2 Å². The molecule has 0 unspecified atom stereocenters. The Labute approximate surface area is 203 Å². The molecule has 1 aliphatic heterocycles. The van der Waals surface area contributed by atoms with Gasteiger partial charge in [0.05, 0.1) is 5.75 Å². The molecule has 34 heavy (non-hydrogen) atoms. The maximum atomic E-state index is 12.9. The fourth-order valence-electron chi connectivity index (χ4n) is 3.97. The molecule has 1 amide bonds. The zero-order valence-electron chi connectivity index (χ0n) is 19.1. The van der Waals surface area contributed by atoms with Gasteiger partial charge in [0.25, 0.3) is 11.1 Å². The molecule has 0 spiro atoms. The lowest BCUT2D eigenvalue weighted by Crippen LogP contribution is -2.48. The predicted octanol–water partition coefficient (Wildman–Crippen LogP) is 5.49. The van der Waals surface area contributed by atoms with E-state index in [1.807, 2.05) is 54.3 Å². The van der Waals surface area contributed by atoms with E-state index in [9.17, 15) is 4.79 Å².